The third-order valence-corrected chi connectivity index (χ3v) is 3.34. The Bertz CT molecular complexity index is 621. The van der Waals surface area contributed by atoms with Crippen molar-refractivity contribution in [3.63, 3.8) is 0 Å². The lowest BCUT2D eigenvalue weighted by Gasteiger charge is -2.14. The maximum atomic E-state index is 11.1. The van der Waals surface area contributed by atoms with Gasteiger partial charge in [-0.15, -0.1) is 0 Å². The number of carbonyl (C=O) groups is 1. The summed E-state index contributed by atoms with van der Waals surface area (Å²) in [6, 6.07) is 7.31. The van der Waals surface area contributed by atoms with E-state index in [-0.39, 0.29) is 11.9 Å². The van der Waals surface area contributed by atoms with Gasteiger partial charge in [0.1, 0.15) is 6.10 Å². The van der Waals surface area contributed by atoms with Crippen LogP contribution in [-0.2, 0) is 0 Å². The molecule has 0 aliphatic heterocycles. The maximum Gasteiger partial charge on any atom is 0.374 e. The number of nitrogens with zero attached hydrogens (tertiary/aromatic N) is 2. The van der Waals surface area contributed by atoms with Gasteiger partial charge in [-0.3, -0.25) is 0 Å². The summed E-state index contributed by atoms with van der Waals surface area (Å²) in [6.07, 6.45) is 4.44. The summed E-state index contributed by atoms with van der Waals surface area (Å²) < 4.78 is 5.86. The third kappa shape index (κ3) is 2.36. The molecule has 5 nitrogen and oxygen atoms in total. The minimum atomic E-state index is -1.14. The van der Waals surface area contributed by atoms with Gasteiger partial charge in [0.05, 0.1) is 10.9 Å². The van der Waals surface area contributed by atoms with E-state index in [1.54, 1.807) is 6.07 Å². The van der Waals surface area contributed by atoms with Crippen LogP contribution in [0.15, 0.2) is 24.3 Å². The molecule has 1 aromatic heterocycles. The van der Waals surface area contributed by atoms with Crippen LogP contribution < -0.4 is 4.74 Å². The Hall–Kier alpha value is -2.17. The SMILES string of the molecule is O=C(O)c1nc(OC2CCCC2)c2ccccc2n1. The lowest BCUT2D eigenvalue weighted by molar-refractivity contribution is 0.0681. The second kappa shape index (κ2) is 4.84. The summed E-state index contributed by atoms with van der Waals surface area (Å²) in [5, 5.41) is 9.81. The van der Waals surface area contributed by atoms with Crippen molar-refractivity contribution < 1.29 is 14.6 Å². The summed E-state index contributed by atoms with van der Waals surface area (Å²) in [6.45, 7) is 0. The molecule has 1 saturated carbocycles. The zero-order chi connectivity index (χ0) is 13.2. The average molecular weight is 258 g/mol. The molecule has 2 aromatic rings. The normalized spacial score (nSPS) is 15.8. The topological polar surface area (TPSA) is 72.3 Å². The van der Waals surface area contributed by atoms with Crippen molar-refractivity contribution >= 4 is 16.9 Å². The number of ether oxygens (including phenoxy) is 1. The number of benzene rings is 1. The number of aromatic carboxylic acids is 1. The molecule has 0 saturated heterocycles. The first-order chi connectivity index (χ1) is 9.24. The predicted octanol–water partition coefficient (Wildman–Crippen LogP) is 2.65. The van der Waals surface area contributed by atoms with Crippen molar-refractivity contribution in [2.45, 2.75) is 31.8 Å². The van der Waals surface area contributed by atoms with Gasteiger partial charge in [-0.25, -0.2) is 9.78 Å². The molecule has 1 aliphatic rings. The molecule has 1 heterocycles. The van der Waals surface area contributed by atoms with Gasteiger partial charge in [-0.2, -0.15) is 4.98 Å². The van der Waals surface area contributed by atoms with Crippen molar-refractivity contribution in [3.05, 3.63) is 30.1 Å². The first-order valence-electron chi connectivity index (χ1n) is 6.41. The van der Waals surface area contributed by atoms with Gasteiger partial charge in [0.15, 0.2) is 0 Å². The molecule has 5 heteroatoms. The van der Waals surface area contributed by atoms with Crippen molar-refractivity contribution in [3.8, 4) is 5.88 Å². The van der Waals surface area contributed by atoms with Crippen LogP contribution in [0.3, 0.4) is 0 Å². The highest BCUT2D eigenvalue weighted by Gasteiger charge is 2.20. The summed E-state index contributed by atoms with van der Waals surface area (Å²) in [4.78, 5) is 19.1. The number of rotatable bonds is 3. The number of hydrogen-bond acceptors (Lipinski definition) is 4. The van der Waals surface area contributed by atoms with Gasteiger partial charge in [-0.1, -0.05) is 12.1 Å². The van der Waals surface area contributed by atoms with Gasteiger partial charge in [-0.05, 0) is 37.8 Å². The first-order valence-corrected chi connectivity index (χ1v) is 6.41. The highest BCUT2D eigenvalue weighted by Crippen LogP contribution is 2.28. The van der Waals surface area contributed by atoms with E-state index in [0.29, 0.717) is 11.4 Å². The molecular formula is C14H14N2O3. The Kier molecular flexibility index (Phi) is 3.03. The van der Waals surface area contributed by atoms with Gasteiger partial charge >= 0.3 is 5.97 Å². The molecule has 0 spiro atoms. The Labute approximate surface area is 110 Å². The molecule has 0 atom stereocenters. The van der Waals surface area contributed by atoms with Crippen molar-refractivity contribution in [2.24, 2.45) is 0 Å². The largest absolute Gasteiger partial charge is 0.475 e. The molecule has 0 amide bonds. The highest BCUT2D eigenvalue weighted by molar-refractivity contribution is 5.89. The molecule has 1 N–H and O–H groups in total. The van der Waals surface area contributed by atoms with Crippen LogP contribution in [0.5, 0.6) is 5.88 Å². The number of carboxylic acids is 1. The molecule has 19 heavy (non-hydrogen) atoms. The van der Waals surface area contributed by atoms with E-state index in [2.05, 4.69) is 9.97 Å². The molecule has 0 unspecified atom stereocenters. The summed E-state index contributed by atoms with van der Waals surface area (Å²) in [7, 11) is 0. The third-order valence-electron chi connectivity index (χ3n) is 3.34. The molecule has 1 aliphatic carbocycles. The van der Waals surface area contributed by atoms with Crippen LogP contribution in [0, 0.1) is 0 Å². The Balaban J connectivity index is 2.06. The van der Waals surface area contributed by atoms with Crippen LogP contribution in [-0.4, -0.2) is 27.1 Å². The Morgan fingerprint density at radius 2 is 1.95 bits per heavy atom. The standard InChI is InChI=1S/C14H14N2O3/c17-14(18)12-15-11-8-4-3-7-10(11)13(16-12)19-9-5-1-2-6-9/h3-4,7-9H,1-2,5-6H2,(H,17,18). The maximum absolute atomic E-state index is 11.1. The van der Waals surface area contributed by atoms with E-state index in [1.165, 1.54) is 0 Å². The highest BCUT2D eigenvalue weighted by atomic mass is 16.5. The van der Waals surface area contributed by atoms with Gasteiger partial charge in [0.25, 0.3) is 0 Å². The fraction of sp³-hybridized carbons (Fsp3) is 0.357. The van der Waals surface area contributed by atoms with E-state index in [0.717, 1.165) is 31.1 Å². The van der Waals surface area contributed by atoms with E-state index >= 15 is 0 Å². The lowest BCUT2D eigenvalue weighted by atomic mass is 10.2. The van der Waals surface area contributed by atoms with Crippen LogP contribution >= 0.6 is 0 Å². The Morgan fingerprint density at radius 3 is 2.68 bits per heavy atom. The van der Waals surface area contributed by atoms with E-state index < -0.39 is 5.97 Å². The van der Waals surface area contributed by atoms with Crippen LogP contribution in [0.4, 0.5) is 0 Å². The summed E-state index contributed by atoms with van der Waals surface area (Å²) in [5.41, 5.74) is 0.600. The van der Waals surface area contributed by atoms with Crippen LogP contribution in [0.25, 0.3) is 10.9 Å². The number of hydrogen-bond donors (Lipinski definition) is 1. The number of para-hydroxylation sites is 1. The fourth-order valence-electron chi connectivity index (χ4n) is 2.40. The van der Waals surface area contributed by atoms with Gasteiger partial charge in [0, 0.05) is 0 Å². The number of fused-ring (bicyclic) bond motifs is 1. The Morgan fingerprint density at radius 1 is 1.21 bits per heavy atom. The second-order valence-corrected chi connectivity index (χ2v) is 4.70. The van der Waals surface area contributed by atoms with Crippen molar-refractivity contribution in [1.29, 1.82) is 0 Å². The van der Waals surface area contributed by atoms with E-state index in [1.807, 2.05) is 18.2 Å². The minimum absolute atomic E-state index is 0.139. The average Bonchev–Trinajstić information content (AvgIpc) is 2.91. The number of carboxylic acid groups (broad SMARTS) is 1. The van der Waals surface area contributed by atoms with E-state index in [4.69, 9.17) is 9.84 Å². The fourth-order valence-corrected chi connectivity index (χ4v) is 2.40. The minimum Gasteiger partial charge on any atom is -0.475 e. The predicted molar refractivity (Wildman–Crippen MR) is 69.4 cm³/mol. The molecule has 0 bridgehead atoms. The molecule has 0 radical (unpaired) electrons. The second-order valence-electron chi connectivity index (χ2n) is 4.70. The molecule has 1 fully saturated rings. The summed E-state index contributed by atoms with van der Waals surface area (Å²) >= 11 is 0. The monoisotopic (exact) mass is 258 g/mol. The molecule has 98 valence electrons. The van der Waals surface area contributed by atoms with E-state index in [9.17, 15) is 4.79 Å². The lowest BCUT2D eigenvalue weighted by Crippen LogP contribution is -2.14. The van der Waals surface area contributed by atoms with Crippen LogP contribution in [0.2, 0.25) is 0 Å². The number of aromatic nitrogens is 2. The molecule has 1 aromatic carbocycles. The molecular weight excluding hydrogens is 244 g/mol. The smallest absolute Gasteiger partial charge is 0.374 e. The zero-order valence-corrected chi connectivity index (χ0v) is 10.4. The quantitative estimate of drug-likeness (QED) is 0.916. The first kappa shape index (κ1) is 11.9. The zero-order valence-electron chi connectivity index (χ0n) is 10.4. The van der Waals surface area contributed by atoms with Crippen LogP contribution in [0.1, 0.15) is 36.3 Å². The van der Waals surface area contributed by atoms with Crippen molar-refractivity contribution in [2.75, 3.05) is 0 Å². The molecule has 3 rings (SSSR count). The summed E-state index contributed by atoms with van der Waals surface area (Å²) in [5.74, 6) is -0.969. The van der Waals surface area contributed by atoms with Gasteiger partial charge < -0.3 is 9.84 Å². The van der Waals surface area contributed by atoms with Crippen molar-refractivity contribution in [1.82, 2.24) is 9.97 Å². The van der Waals surface area contributed by atoms with Gasteiger partial charge in [0.2, 0.25) is 11.7 Å².